The molecule has 0 aliphatic rings. The van der Waals surface area contributed by atoms with Crippen molar-refractivity contribution in [2.75, 3.05) is 39.5 Å². The van der Waals surface area contributed by atoms with Gasteiger partial charge >= 0.3 is 0 Å². The van der Waals surface area contributed by atoms with Gasteiger partial charge in [-0.05, 0) is 52.0 Å². The molecule has 0 unspecified atom stereocenters. The topological polar surface area (TPSA) is 95.1 Å². The third kappa shape index (κ3) is 10.1. The summed E-state index contributed by atoms with van der Waals surface area (Å²) in [7, 11) is 2.84. The second kappa shape index (κ2) is 17.4. The minimum absolute atomic E-state index is 0.216. The van der Waals surface area contributed by atoms with Crippen LogP contribution in [0.4, 0.5) is 0 Å². The first kappa shape index (κ1) is 30.1. The van der Waals surface area contributed by atoms with Gasteiger partial charge in [0.15, 0.2) is 12.6 Å². The first-order valence-electron chi connectivity index (χ1n) is 12.1. The molecular formula is C26H36N2O6S2. The summed E-state index contributed by atoms with van der Waals surface area (Å²) in [4.78, 5) is 27.3. The zero-order chi connectivity index (χ0) is 26.2. The van der Waals surface area contributed by atoms with Crippen LogP contribution in [0.15, 0.2) is 58.3 Å². The van der Waals surface area contributed by atoms with Crippen molar-refractivity contribution < 1.29 is 28.5 Å². The van der Waals surface area contributed by atoms with Crippen molar-refractivity contribution in [3.8, 4) is 0 Å². The van der Waals surface area contributed by atoms with Crippen LogP contribution in [0, 0.1) is 0 Å². The zero-order valence-corrected chi connectivity index (χ0v) is 22.9. The average Bonchev–Trinajstić information content (AvgIpc) is 2.89. The van der Waals surface area contributed by atoms with Crippen LogP contribution in [0.3, 0.4) is 0 Å². The lowest BCUT2D eigenvalue weighted by Crippen LogP contribution is -2.35. The molecule has 0 saturated carbocycles. The highest BCUT2D eigenvalue weighted by Crippen LogP contribution is 2.40. The lowest BCUT2D eigenvalue weighted by molar-refractivity contribution is -0.131. The molecule has 2 rings (SSSR count). The predicted octanol–water partition coefficient (Wildman–Crippen LogP) is 4.74. The molecule has 0 spiro atoms. The predicted molar refractivity (Wildman–Crippen MR) is 143 cm³/mol. The average molecular weight is 537 g/mol. The third-order valence-electron chi connectivity index (χ3n) is 4.75. The van der Waals surface area contributed by atoms with E-state index in [0.717, 1.165) is 9.79 Å². The molecule has 8 nitrogen and oxygen atoms in total. The van der Waals surface area contributed by atoms with Crippen LogP contribution in [0.1, 0.15) is 48.4 Å². The van der Waals surface area contributed by atoms with Gasteiger partial charge in [0, 0.05) is 36.2 Å². The highest BCUT2D eigenvalue weighted by molar-refractivity contribution is 8.76. The Balaban J connectivity index is 2.04. The molecule has 198 valence electrons. The summed E-state index contributed by atoms with van der Waals surface area (Å²) >= 11 is 0. The van der Waals surface area contributed by atoms with Crippen molar-refractivity contribution >= 4 is 33.4 Å². The molecule has 0 aromatic heterocycles. The second-order valence-corrected chi connectivity index (χ2v) is 9.47. The molecule has 0 aliphatic heterocycles. The van der Waals surface area contributed by atoms with Crippen LogP contribution in [0.2, 0.25) is 0 Å². The maximum absolute atomic E-state index is 12.9. The van der Waals surface area contributed by atoms with Crippen molar-refractivity contribution in [1.29, 1.82) is 0 Å². The quantitative estimate of drug-likeness (QED) is 0.221. The molecule has 0 heterocycles. The van der Waals surface area contributed by atoms with E-state index in [2.05, 4.69) is 10.6 Å². The fraction of sp³-hybridized carbons (Fsp3) is 0.462. The first-order chi connectivity index (χ1) is 17.5. The Kier molecular flexibility index (Phi) is 14.6. The molecule has 2 N–H and O–H groups in total. The second-order valence-electron chi connectivity index (χ2n) is 7.26. The minimum atomic E-state index is -0.492. The number of carbonyl (C=O) groups is 2. The van der Waals surface area contributed by atoms with Crippen LogP contribution >= 0.6 is 21.6 Å². The summed E-state index contributed by atoms with van der Waals surface area (Å²) in [5.74, 6) is -0.431. The van der Waals surface area contributed by atoms with Crippen LogP contribution in [0.5, 0.6) is 0 Å². The van der Waals surface area contributed by atoms with E-state index in [1.807, 2.05) is 64.1 Å². The maximum Gasteiger partial charge on any atom is 0.252 e. The fourth-order valence-electron chi connectivity index (χ4n) is 3.16. The van der Waals surface area contributed by atoms with Gasteiger partial charge in [-0.15, -0.1) is 0 Å². The Hall–Kier alpha value is -2.08. The fourth-order valence-corrected chi connectivity index (χ4v) is 5.52. The van der Waals surface area contributed by atoms with Crippen molar-refractivity contribution in [3.05, 3.63) is 59.7 Å². The number of hydrogen-bond acceptors (Lipinski definition) is 8. The molecule has 0 atom stereocenters. The third-order valence-corrected chi connectivity index (χ3v) is 7.24. The van der Waals surface area contributed by atoms with E-state index in [1.54, 1.807) is 12.1 Å². The standard InChI is InChI=1S/C26H36N2O6S2/c1-5-31-23(32-6-2)17-27-25(29)19-13-9-11-15-21(19)35-36-22-16-12-10-14-20(22)26(30)28-18-24(33-7-3)34-8-4/h9-16,23-24H,5-8,17-18H2,1-4H3,(H,27,29)(H,28,30). The maximum atomic E-state index is 12.9. The highest BCUT2D eigenvalue weighted by atomic mass is 33.1. The van der Waals surface area contributed by atoms with Crippen LogP contribution in [0.25, 0.3) is 0 Å². The number of carbonyl (C=O) groups excluding carboxylic acids is 2. The van der Waals surface area contributed by atoms with E-state index in [1.165, 1.54) is 21.6 Å². The van der Waals surface area contributed by atoms with E-state index in [4.69, 9.17) is 18.9 Å². The number of rotatable bonds is 17. The summed E-state index contributed by atoms with van der Waals surface area (Å²) < 4.78 is 22.0. The number of ether oxygens (including phenoxy) is 4. The van der Waals surface area contributed by atoms with Crippen molar-refractivity contribution in [2.45, 2.75) is 50.1 Å². The SMILES string of the molecule is CCOC(CNC(=O)c1ccccc1SSc1ccccc1C(=O)NCC(OCC)OCC)OCC. The molecule has 0 aliphatic carbocycles. The van der Waals surface area contributed by atoms with E-state index < -0.39 is 12.6 Å². The lowest BCUT2D eigenvalue weighted by Gasteiger charge is -2.18. The largest absolute Gasteiger partial charge is 0.351 e. The van der Waals surface area contributed by atoms with Crippen molar-refractivity contribution in [1.82, 2.24) is 10.6 Å². The molecule has 0 radical (unpaired) electrons. The molecule has 36 heavy (non-hydrogen) atoms. The summed E-state index contributed by atoms with van der Waals surface area (Å²) in [6, 6.07) is 14.7. The van der Waals surface area contributed by atoms with Gasteiger partial charge in [-0.1, -0.05) is 45.9 Å². The minimum Gasteiger partial charge on any atom is -0.351 e. The van der Waals surface area contributed by atoms with Gasteiger partial charge in [0.1, 0.15) is 0 Å². The molecule has 10 heteroatoms. The molecule has 2 aromatic carbocycles. The molecule has 0 bridgehead atoms. The Morgan fingerprint density at radius 1 is 0.639 bits per heavy atom. The van der Waals surface area contributed by atoms with Gasteiger partial charge in [-0.3, -0.25) is 9.59 Å². The smallest absolute Gasteiger partial charge is 0.252 e. The van der Waals surface area contributed by atoms with Gasteiger partial charge in [-0.2, -0.15) is 0 Å². The molecular weight excluding hydrogens is 500 g/mol. The number of amides is 2. The van der Waals surface area contributed by atoms with Crippen LogP contribution in [-0.4, -0.2) is 63.9 Å². The first-order valence-corrected chi connectivity index (χ1v) is 14.2. The van der Waals surface area contributed by atoms with Crippen molar-refractivity contribution in [2.24, 2.45) is 0 Å². The Morgan fingerprint density at radius 2 is 0.972 bits per heavy atom. The van der Waals surface area contributed by atoms with Crippen LogP contribution in [-0.2, 0) is 18.9 Å². The van der Waals surface area contributed by atoms with Gasteiger partial charge in [0.05, 0.1) is 24.2 Å². The Labute approximate surface area is 221 Å². The van der Waals surface area contributed by atoms with Gasteiger partial charge in [0.2, 0.25) is 0 Å². The Morgan fingerprint density at radius 3 is 1.31 bits per heavy atom. The molecule has 0 saturated heterocycles. The highest BCUT2D eigenvalue weighted by Gasteiger charge is 2.18. The Bertz CT molecular complexity index is 859. The van der Waals surface area contributed by atoms with Gasteiger partial charge in [-0.25, -0.2) is 0 Å². The zero-order valence-electron chi connectivity index (χ0n) is 21.3. The lowest BCUT2D eigenvalue weighted by atomic mass is 10.2. The normalized spacial score (nSPS) is 11.2. The summed E-state index contributed by atoms with van der Waals surface area (Å²) in [5.41, 5.74) is 1.08. The summed E-state index contributed by atoms with van der Waals surface area (Å²) in [6.07, 6.45) is -0.984. The van der Waals surface area contributed by atoms with Gasteiger partial charge < -0.3 is 29.6 Å². The van der Waals surface area contributed by atoms with E-state index in [-0.39, 0.29) is 24.9 Å². The number of nitrogens with one attached hydrogen (secondary N) is 2. The summed E-state index contributed by atoms with van der Waals surface area (Å²) in [6.45, 7) is 10.00. The monoisotopic (exact) mass is 536 g/mol. The molecule has 2 amide bonds. The van der Waals surface area contributed by atoms with E-state index >= 15 is 0 Å². The molecule has 2 aromatic rings. The van der Waals surface area contributed by atoms with E-state index in [0.29, 0.717) is 37.6 Å². The van der Waals surface area contributed by atoms with Gasteiger partial charge in [0.25, 0.3) is 11.8 Å². The number of benzene rings is 2. The summed E-state index contributed by atoms with van der Waals surface area (Å²) in [5, 5.41) is 5.77. The molecule has 0 fully saturated rings. The number of hydrogen-bond donors (Lipinski definition) is 2. The van der Waals surface area contributed by atoms with Crippen LogP contribution < -0.4 is 10.6 Å². The van der Waals surface area contributed by atoms with E-state index in [9.17, 15) is 9.59 Å². The van der Waals surface area contributed by atoms with Crippen molar-refractivity contribution in [3.63, 3.8) is 0 Å².